The van der Waals surface area contributed by atoms with Crippen molar-refractivity contribution in [2.45, 2.75) is 33.7 Å². The first-order valence-corrected chi connectivity index (χ1v) is 4.27. The number of aromatic nitrogens is 1. The third kappa shape index (κ3) is 2.49. The number of halogens is 1. The van der Waals surface area contributed by atoms with Crippen molar-refractivity contribution < 1.29 is 17.0 Å². The van der Waals surface area contributed by atoms with Crippen molar-refractivity contribution >= 4 is 0 Å². The predicted octanol–water partition coefficient (Wildman–Crippen LogP) is -1.13. The summed E-state index contributed by atoms with van der Waals surface area (Å²) < 4.78 is 2.28. The van der Waals surface area contributed by atoms with Gasteiger partial charge in [-0.15, -0.1) is 0 Å². The van der Waals surface area contributed by atoms with Crippen molar-refractivity contribution in [2.75, 3.05) is 0 Å². The Morgan fingerprint density at radius 3 is 2.42 bits per heavy atom. The van der Waals surface area contributed by atoms with Crippen molar-refractivity contribution in [1.82, 2.24) is 0 Å². The number of pyridine rings is 1. The van der Waals surface area contributed by atoms with E-state index in [9.17, 15) is 0 Å². The summed E-state index contributed by atoms with van der Waals surface area (Å²) in [6.07, 6.45) is 3.36. The van der Waals surface area contributed by atoms with E-state index in [0.29, 0.717) is 0 Å². The third-order valence-corrected chi connectivity index (χ3v) is 2.06. The van der Waals surface area contributed by atoms with E-state index in [-0.39, 0.29) is 12.4 Å². The van der Waals surface area contributed by atoms with Gasteiger partial charge in [0.2, 0.25) is 0 Å². The van der Waals surface area contributed by atoms with Crippen LogP contribution in [0, 0.1) is 6.92 Å². The van der Waals surface area contributed by atoms with Gasteiger partial charge >= 0.3 is 0 Å². The van der Waals surface area contributed by atoms with Gasteiger partial charge in [0.1, 0.15) is 6.54 Å². The van der Waals surface area contributed by atoms with Crippen molar-refractivity contribution in [3.8, 4) is 0 Å². The van der Waals surface area contributed by atoms with Crippen LogP contribution in [-0.2, 0) is 13.0 Å². The maximum Gasteiger partial charge on any atom is 0.178 e. The minimum atomic E-state index is 0. The molecule has 2 heteroatoms. The first kappa shape index (κ1) is 11.4. The van der Waals surface area contributed by atoms with Crippen molar-refractivity contribution in [1.29, 1.82) is 0 Å². The van der Waals surface area contributed by atoms with Gasteiger partial charge in [-0.1, -0.05) is 6.92 Å². The molecule has 0 spiro atoms. The highest BCUT2D eigenvalue weighted by molar-refractivity contribution is 5.08. The van der Waals surface area contributed by atoms with Crippen LogP contribution in [0.4, 0.5) is 0 Å². The van der Waals surface area contributed by atoms with Crippen LogP contribution in [0.3, 0.4) is 0 Å². The topological polar surface area (TPSA) is 3.88 Å². The number of aryl methyl sites for hydroxylation is 3. The largest absolute Gasteiger partial charge is 1.00 e. The Hall–Kier alpha value is -0.560. The van der Waals surface area contributed by atoms with Crippen LogP contribution in [0.2, 0.25) is 0 Å². The highest BCUT2D eigenvalue weighted by Crippen LogP contribution is 1.97. The standard InChI is InChI=1S/C10H16N.ClH/c1-4-10-7-6-9(3)11(5-2)8-10;/h6-8H,4-5H2,1-3H3;1H/q+1;/p-1. The number of nitrogens with zero attached hydrogens (tertiary/aromatic N) is 1. The first-order chi connectivity index (χ1) is 5.27. The summed E-state index contributed by atoms with van der Waals surface area (Å²) in [5, 5.41) is 0. The van der Waals surface area contributed by atoms with Crippen LogP contribution < -0.4 is 17.0 Å². The van der Waals surface area contributed by atoms with Gasteiger partial charge in [-0.2, -0.15) is 0 Å². The normalized spacial score (nSPS) is 9.25. The molecule has 1 rings (SSSR count). The summed E-state index contributed by atoms with van der Waals surface area (Å²) >= 11 is 0. The Kier molecular flexibility index (Phi) is 4.91. The van der Waals surface area contributed by atoms with Gasteiger partial charge in [-0.25, -0.2) is 4.57 Å². The van der Waals surface area contributed by atoms with Gasteiger partial charge in [0.05, 0.1) is 0 Å². The van der Waals surface area contributed by atoms with Gasteiger partial charge in [-0.3, -0.25) is 0 Å². The lowest BCUT2D eigenvalue weighted by Crippen LogP contribution is -3.00. The van der Waals surface area contributed by atoms with Crippen molar-refractivity contribution in [3.05, 3.63) is 29.6 Å². The lowest BCUT2D eigenvalue weighted by Gasteiger charge is -1.98. The molecule has 0 aliphatic heterocycles. The molecule has 1 nitrogen and oxygen atoms in total. The number of hydrogen-bond donors (Lipinski definition) is 0. The maximum atomic E-state index is 2.28. The van der Waals surface area contributed by atoms with Gasteiger partial charge < -0.3 is 12.4 Å². The fourth-order valence-corrected chi connectivity index (χ4v) is 1.22. The molecular weight excluding hydrogens is 170 g/mol. The SMILES string of the molecule is CCc1ccc(C)[n+](CC)c1.[Cl-]. The highest BCUT2D eigenvalue weighted by atomic mass is 35.5. The molecule has 0 fully saturated rings. The molecule has 0 bridgehead atoms. The second kappa shape index (κ2) is 5.15. The average molecular weight is 186 g/mol. The van der Waals surface area contributed by atoms with E-state index in [2.05, 4.69) is 43.7 Å². The van der Waals surface area contributed by atoms with E-state index >= 15 is 0 Å². The molecule has 68 valence electrons. The third-order valence-electron chi connectivity index (χ3n) is 2.06. The van der Waals surface area contributed by atoms with E-state index in [4.69, 9.17) is 0 Å². The number of rotatable bonds is 2. The molecule has 0 atom stereocenters. The zero-order valence-electron chi connectivity index (χ0n) is 7.97. The molecule has 12 heavy (non-hydrogen) atoms. The second-order valence-electron chi connectivity index (χ2n) is 2.82. The highest BCUT2D eigenvalue weighted by Gasteiger charge is 2.02. The monoisotopic (exact) mass is 185 g/mol. The molecule has 0 aliphatic rings. The van der Waals surface area contributed by atoms with Crippen LogP contribution in [0.15, 0.2) is 18.3 Å². The predicted molar refractivity (Wildman–Crippen MR) is 46.4 cm³/mol. The minimum Gasteiger partial charge on any atom is -1.00 e. The summed E-state index contributed by atoms with van der Waals surface area (Å²) in [4.78, 5) is 0. The Morgan fingerprint density at radius 1 is 1.25 bits per heavy atom. The quantitative estimate of drug-likeness (QED) is 0.514. The Labute approximate surface area is 80.8 Å². The molecule has 0 aromatic carbocycles. The van der Waals surface area contributed by atoms with Gasteiger partial charge in [0.25, 0.3) is 0 Å². The van der Waals surface area contributed by atoms with Crippen LogP contribution in [0.25, 0.3) is 0 Å². The molecule has 0 radical (unpaired) electrons. The first-order valence-electron chi connectivity index (χ1n) is 4.27. The van der Waals surface area contributed by atoms with Gasteiger partial charge in [-0.05, 0) is 19.4 Å². The lowest BCUT2D eigenvalue weighted by atomic mass is 10.2. The molecule has 0 amide bonds. The summed E-state index contributed by atoms with van der Waals surface area (Å²) in [6, 6.07) is 4.38. The van der Waals surface area contributed by atoms with Crippen LogP contribution in [-0.4, -0.2) is 0 Å². The fourth-order valence-electron chi connectivity index (χ4n) is 1.22. The zero-order chi connectivity index (χ0) is 8.27. The fraction of sp³-hybridized carbons (Fsp3) is 0.500. The van der Waals surface area contributed by atoms with Crippen molar-refractivity contribution in [3.63, 3.8) is 0 Å². The van der Waals surface area contributed by atoms with Gasteiger partial charge in [0, 0.05) is 18.6 Å². The van der Waals surface area contributed by atoms with Crippen LogP contribution in [0.1, 0.15) is 25.1 Å². The maximum absolute atomic E-state index is 2.28. The molecule has 0 saturated heterocycles. The smallest absolute Gasteiger partial charge is 0.178 e. The summed E-state index contributed by atoms with van der Waals surface area (Å²) in [5.74, 6) is 0. The second-order valence-corrected chi connectivity index (χ2v) is 2.82. The summed E-state index contributed by atoms with van der Waals surface area (Å²) in [5.41, 5.74) is 2.75. The molecule has 1 aromatic rings. The number of hydrogen-bond acceptors (Lipinski definition) is 0. The zero-order valence-corrected chi connectivity index (χ0v) is 8.73. The van der Waals surface area contributed by atoms with E-state index in [1.54, 1.807) is 0 Å². The molecule has 1 aromatic heterocycles. The van der Waals surface area contributed by atoms with E-state index in [1.165, 1.54) is 11.3 Å². The van der Waals surface area contributed by atoms with Gasteiger partial charge in [0.15, 0.2) is 11.9 Å². The summed E-state index contributed by atoms with van der Waals surface area (Å²) in [7, 11) is 0. The van der Waals surface area contributed by atoms with Crippen LogP contribution >= 0.6 is 0 Å². The molecule has 0 unspecified atom stereocenters. The lowest BCUT2D eigenvalue weighted by molar-refractivity contribution is -0.699. The average Bonchev–Trinajstić information content (AvgIpc) is 2.05. The van der Waals surface area contributed by atoms with Crippen LogP contribution in [0.5, 0.6) is 0 Å². The van der Waals surface area contributed by atoms with E-state index in [1.807, 2.05) is 0 Å². The minimum absolute atomic E-state index is 0. The Balaban J connectivity index is 0.00000121. The molecule has 1 heterocycles. The Bertz CT molecular complexity index is 246. The molecule has 0 N–H and O–H groups in total. The Morgan fingerprint density at radius 2 is 1.92 bits per heavy atom. The molecule has 0 aliphatic carbocycles. The molecular formula is C10H16ClN. The van der Waals surface area contributed by atoms with E-state index < -0.39 is 0 Å². The van der Waals surface area contributed by atoms with E-state index in [0.717, 1.165) is 13.0 Å². The van der Waals surface area contributed by atoms with Crippen molar-refractivity contribution in [2.24, 2.45) is 0 Å². The molecule has 0 saturated carbocycles. The summed E-state index contributed by atoms with van der Waals surface area (Å²) in [6.45, 7) is 7.57.